The van der Waals surface area contributed by atoms with Gasteiger partial charge in [0.2, 0.25) is 5.95 Å². The minimum absolute atomic E-state index is 0.644. The molecule has 0 saturated heterocycles. The van der Waals surface area contributed by atoms with E-state index in [4.69, 9.17) is 4.98 Å². The fourth-order valence-electron chi connectivity index (χ4n) is 3.84. The van der Waals surface area contributed by atoms with E-state index in [2.05, 4.69) is 29.9 Å². The van der Waals surface area contributed by atoms with Crippen LogP contribution in [-0.4, -0.2) is 15.6 Å². The summed E-state index contributed by atoms with van der Waals surface area (Å²) in [6.45, 7) is 4.50. The third-order valence-corrected chi connectivity index (χ3v) is 4.96. The molecule has 19 heavy (non-hydrogen) atoms. The first-order valence-electron chi connectivity index (χ1n) is 8.06. The van der Waals surface area contributed by atoms with E-state index in [0.717, 1.165) is 17.6 Å². The van der Waals surface area contributed by atoms with E-state index in [9.17, 15) is 0 Å². The van der Waals surface area contributed by atoms with Crippen molar-refractivity contribution >= 4 is 5.95 Å². The number of imidazole rings is 1. The van der Waals surface area contributed by atoms with E-state index in [1.807, 2.05) is 0 Å². The highest BCUT2D eigenvalue weighted by Crippen LogP contribution is 2.37. The van der Waals surface area contributed by atoms with Crippen LogP contribution in [0.1, 0.15) is 70.0 Å². The molecule has 2 atom stereocenters. The second kappa shape index (κ2) is 5.56. The number of hydrogen-bond donors (Lipinski definition) is 1. The standard InChI is InChI=1S/C16H27N3/c1-12-7-6-10-15(12)19-11-13(2)17-16(19)18-14-8-4-3-5-9-14/h11-12,14-15H,3-10H2,1-2H3,(H,17,18). The number of hydrogen-bond acceptors (Lipinski definition) is 2. The third kappa shape index (κ3) is 2.80. The van der Waals surface area contributed by atoms with Gasteiger partial charge in [-0.25, -0.2) is 4.98 Å². The minimum Gasteiger partial charge on any atom is -0.353 e. The predicted molar refractivity (Wildman–Crippen MR) is 79.5 cm³/mol. The van der Waals surface area contributed by atoms with Crippen LogP contribution in [0.25, 0.3) is 0 Å². The van der Waals surface area contributed by atoms with E-state index in [1.165, 1.54) is 51.4 Å². The highest BCUT2D eigenvalue weighted by molar-refractivity contribution is 5.31. The Labute approximate surface area is 116 Å². The second-order valence-electron chi connectivity index (χ2n) is 6.57. The summed E-state index contributed by atoms with van der Waals surface area (Å²) in [5.74, 6) is 1.92. The number of aromatic nitrogens is 2. The van der Waals surface area contributed by atoms with Crippen LogP contribution < -0.4 is 5.32 Å². The largest absolute Gasteiger partial charge is 0.353 e. The predicted octanol–water partition coefficient (Wildman–Crippen LogP) is 4.30. The van der Waals surface area contributed by atoms with Gasteiger partial charge in [0.1, 0.15) is 0 Å². The van der Waals surface area contributed by atoms with E-state index in [0.29, 0.717) is 12.1 Å². The van der Waals surface area contributed by atoms with E-state index < -0.39 is 0 Å². The Morgan fingerprint density at radius 1 is 1.11 bits per heavy atom. The summed E-state index contributed by atoms with van der Waals surface area (Å²) in [6, 6.07) is 1.30. The van der Waals surface area contributed by atoms with Gasteiger partial charge in [-0.15, -0.1) is 0 Å². The number of anilines is 1. The van der Waals surface area contributed by atoms with Crippen molar-refractivity contribution < 1.29 is 0 Å². The van der Waals surface area contributed by atoms with Crippen molar-refractivity contribution in [2.45, 2.75) is 77.3 Å². The maximum atomic E-state index is 4.74. The fraction of sp³-hybridized carbons (Fsp3) is 0.812. The molecule has 0 amide bonds. The first-order valence-corrected chi connectivity index (χ1v) is 8.06. The number of nitrogens with zero attached hydrogens (tertiary/aromatic N) is 2. The lowest BCUT2D eigenvalue weighted by atomic mass is 9.96. The van der Waals surface area contributed by atoms with Crippen LogP contribution >= 0.6 is 0 Å². The van der Waals surface area contributed by atoms with Gasteiger partial charge in [-0.3, -0.25) is 0 Å². The summed E-state index contributed by atoms with van der Waals surface area (Å²) in [6.07, 6.45) is 13.1. The number of aryl methyl sites for hydroxylation is 1. The average molecular weight is 261 g/mol. The first kappa shape index (κ1) is 13.0. The quantitative estimate of drug-likeness (QED) is 0.879. The molecule has 3 nitrogen and oxygen atoms in total. The van der Waals surface area contributed by atoms with Crippen LogP contribution in [0.2, 0.25) is 0 Å². The molecule has 2 aliphatic rings. The maximum Gasteiger partial charge on any atom is 0.203 e. The van der Waals surface area contributed by atoms with Crippen LogP contribution in [0, 0.1) is 12.8 Å². The summed E-state index contributed by atoms with van der Waals surface area (Å²) in [4.78, 5) is 4.74. The van der Waals surface area contributed by atoms with Crippen molar-refractivity contribution in [3.63, 3.8) is 0 Å². The molecule has 3 rings (SSSR count). The van der Waals surface area contributed by atoms with Gasteiger partial charge < -0.3 is 9.88 Å². The van der Waals surface area contributed by atoms with Crippen molar-refractivity contribution in [2.24, 2.45) is 5.92 Å². The first-order chi connectivity index (χ1) is 9.24. The SMILES string of the molecule is Cc1cn(C2CCCC2C)c(NC2CCCCC2)n1. The molecule has 1 heterocycles. The van der Waals surface area contributed by atoms with Gasteiger partial charge in [0.15, 0.2) is 0 Å². The van der Waals surface area contributed by atoms with Gasteiger partial charge in [0.05, 0.1) is 5.69 Å². The van der Waals surface area contributed by atoms with Crippen LogP contribution in [0.5, 0.6) is 0 Å². The van der Waals surface area contributed by atoms with E-state index >= 15 is 0 Å². The molecule has 0 aliphatic heterocycles. The van der Waals surface area contributed by atoms with Gasteiger partial charge in [-0.1, -0.05) is 32.6 Å². The second-order valence-corrected chi connectivity index (χ2v) is 6.57. The monoisotopic (exact) mass is 261 g/mol. The lowest BCUT2D eigenvalue weighted by molar-refractivity contribution is 0.404. The molecule has 0 radical (unpaired) electrons. The number of rotatable bonds is 3. The van der Waals surface area contributed by atoms with Crippen molar-refractivity contribution in [1.82, 2.24) is 9.55 Å². The number of nitrogens with one attached hydrogen (secondary N) is 1. The molecule has 1 aromatic rings. The Hall–Kier alpha value is -0.990. The zero-order chi connectivity index (χ0) is 13.2. The Bertz CT molecular complexity index is 418. The van der Waals surface area contributed by atoms with E-state index in [-0.39, 0.29) is 0 Å². The normalized spacial score (nSPS) is 28.7. The molecule has 0 aromatic carbocycles. The average Bonchev–Trinajstić information content (AvgIpc) is 2.97. The molecule has 3 heteroatoms. The Morgan fingerprint density at radius 3 is 2.58 bits per heavy atom. The van der Waals surface area contributed by atoms with Crippen LogP contribution in [0.3, 0.4) is 0 Å². The molecule has 1 aromatic heterocycles. The smallest absolute Gasteiger partial charge is 0.203 e. The Kier molecular flexibility index (Phi) is 3.81. The summed E-state index contributed by atoms with van der Waals surface area (Å²) in [7, 11) is 0. The molecular weight excluding hydrogens is 234 g/mol. The zero-order valence-electron chi connectivity index (χ0n) is 12.4. The molecule has 2 unspecified atom stereocenters. The zero-order valence-corrected chi connectivity index (χ0v) is 12.4. The summed E-state index contributed by atoms with van der Waals surface area (Å²) >= 11 is 0. The lowest BCUT2D eigenvalue weighted by Gasteiger charge is -2.26. The van der Waals surface area contributed by atoms with Gasteiger partial charge in [-0.05, 0) is 38.5 Å². The topological polar surface area (TPSA) is 29.9 Å². The van der Waals surface area contributed by atoms with Gasteiger partial charge in [0, 0.05) is 18.3 Å². The van der Waals surface area contributed by atoms with Crippen LogP contribution in [0.15, 0.2) is 6.20 Å². The molecule has 0 spiro atoms. The minimum atomic E-state index is 0.644. The van der Waals surface area contributed by atoms with Gasteiger partial charge in [0.25, 0.3) is 0 Å². The highest BCUT2D eigenvalue weighted by Gasteiger charge is 2.27. The van der Waals surface area contributed by atoms with E-state index in [1.54, 1.807) is 0 Å². The van der Waals surface area contributed by atoms with Gasteiger partial charge >= 0.3 is 0 Å². The molecular formula is C16H27N3. The Morgan fingerprint density at radius 2 is 1.89 bits per heavy atom. The molecule has 2 aliphatic carbocycles. The molecule has 2 fully saturated rings. The van der Waals surface area contributed by atoms with Crippen molar-refractivity contribution in [3.05, 3.63) is 11.9 Å². The lowest BCUT2D eigenvalue weighted by Crippen LogP contribution is -2.25. The summed E-state index contributed by atoms with van der Waals surface area (Å²) < 4.78 is 2.43. The van der Waals surface area contributed by atoms with Crippen LogP contribution in [-0.2, 0) is 0 Å². The van der Waals surface area contributed by atoms with Crippen LogP contribution in [0.4, 0.5) is 5.95 Å². The summed E-state index contributed by atoms with van der Waals surface area (Å²) in [5.41, 5.74) is 1.15. The molecule has 2 saturated carbocycles. The third-order valence-electron chi connectivity index (χ3n) is 4.96. The van der Waals surface area contributed by atoms with Crippen molar-refractivity contribution in [3.8, 4) is 0 Å². The van der Waals surface area contributed by atoms with Crippen molar-refractivity contribution in [2.75, 3.05) is 5.32 Å². The molecule has 0 bridgehead atoms. The summed E-state index contributed by atoms with van der Waals surface area (Å²) in [5, 5.41) is 3.72. The fourth-order valence-corrected chi connectivity index (χ4v) is 3.84. The molecule has 106 valence electrons. The maximum absolute atomic E-state index is 4.74. The van der Waals surface area contributed by atoms with Gasteiger partial charge in [-0.2, -0.15) is 0 Å². The highest BCUT2D eigenvalue weighted by atomic mass is 15.2. The Balaban J connectivity index is 1.76. The van der Waals surface area contributed by atoms with Crippen molar-refractivity contribution in [1.29, 1.82) is 0 Å². The molecule has 1 N–H and O–H groups in total.